The van der Waals surface area contributed by atoms with Crippen molar-refractivity contribution in [2.45, 2.75) is 32.1 Å². The van der Waals surface area contributed by atoms with Crippen LogP contribution in [0, 0.1) is 0 Å². The molecule has 0 bridgehead atoms. The smallest absolute Gasteiger partial charge is 0.147 e. The average Bonchev–Trinajstić information content (AvgIpc) is 2.66. The summed E-state index contributed by atoms with van der Waals surface area (Å²) in [6.45, 7) is 2.91. The van der Waals surface area contributed by atoms with Gasteiger partial charge in [-0.2, -0.15) is 0 Å². The zero-order valence-electron chi connectivity index (χ0n) is 7.99. The Kier molecular flexibility index (Phi) is 1.80. The molecule has 0 radical (unpaired) electrons. The van der Waals surface area contributed by atoms with Crippen LogP contribution >= 0.6 is 0 Å². The predicted molar refractivity (Wildman–Crippen MR) is 48.5 cm³/mol. The number of aromatic nitrogens is 3. The summed E-state index contributed by atoms with van der Waals surface area (Å²) < 4.78 is 14.8. The third-order valence-electron chi connectivity index (χ3n) is 2.96. The molecule has 3 rings (SSSR count). The molecule has 5 heteroatoms. The van der Waals surface area contributed by atoms with Crippen molar-refractivity contribution >= 4 is 0 Å². The molecule has 0 unspecified atom stereocenters. The molecule has 0 N–H and O–H groups in total. The lowest BCUT2D eigenvalue weighted by atomic mass is 10.2. The Balaban J connectivity index is 1.71. The Morgan fingerprint density at radius 2 is 2.21 bits per heavy atom. The molecule has 0 spiro atoms. The molecule has 0 amide bonds. The van der Waals surface area contributed by atoms with Gasteiger partial charge in [-0.15, -0.1) is 10.2 Å². The Morgan fingerprint density at radius 3 is 3.00 bits per heavy atom. The summed E-state index contributed by atoms with van der Waals surface area (Å²) in [6.07, 6.45) is 1.58. The molecule has 4 nitrogen and oxygen atoms in total. The monoisotopic (exact) mass is 196 g/mol. The highest BCUT2D eigenvalue weighted by atomic mass is 19.1. The highest BCUT2D eigenvalue weighted by Gasteiger charge is 2.28. The van der Waals surface area contributed by atoms with Crippen molar-refractivity contribution in [1.29, 1.82) is 0 Å². The largest absolute Gasteiger partial charge is 0.314 e. The molecule has 0 saturated carbocycles. The van der Waals surface area contributed by atoms with Gasteiger partial charge in [-0.25, -0.2) is 4.39 Å². The molecule has 76 valence electrons. The lowest BCUT2D eigenvalue weighted by Gasteiger charge is -2.33. The predicted octanol–water partition coefficient (Wildman–Crippen LogP) is 0.378. The molecule has 1 fully saturated rings. The fraction of sp³-hybridized carbons (Fsp3) is 0.778. The van der Waals surface area contributed by atoms with Crippen molar-refractivity contribution in [1.82, 2.24) is 19.7 Å². The minimum Gasteiger partial charge on any atom is -0.314 e. The number of halogens is 1. The maximum atomic E-state index is 12.6. The van der Waals surface area contributed by atoms with E-state index in [0.717, 1.165) is 31.2 Å². The second kappa shape index (κ2) is 3.02. The minimum absolute atomic E-state index is 0.558. The molecule has 0 aliphatic carbocycles. The van der Waals surface area contributed by atoms with E-state index in [1.807, 2.05) is 0 Å². The first-order chi connectivity index (χ1) is 6.83. The van der Waals surface area contributed by atoms with Crippen LogP contribution in [0.2, 0.25) is 0 Å². The standard InChI is InChI=1S/C9H13FN4/c10-7-4-13(5-7)6-9-12-11-8-2-1-3-14(8)9/h7H,1-6H2. The zero-order chi connectivity index (χ0) is 9.54. The van der Waals surface area contributed by atoms with Gasteiger partial charge in [0.25, 0.3) is 0 Å². The molecule has 1 aromatic rings. The molecule has 0 aromatic carbocycles. The van der Waals surface area contributed by atoms with Crippen LogP contribution in [-0.2, 0) is 19.5 Å². The number of nitrogens with zero attached hydrogens (tertiary/aromatic N) is 4. The highest BCUT2D eigenvalue weighted by Crippen LogP contribution is 2.18. The van der Waals surface area contributed by atoms with Gasteiger partial charge in [0.1, 0.15) is 17.8 Å². The number of rotatable bonds is 2. The van der Waals surface area contributed by atoms with Gasteiger partial charge in [-0.05, 0) is 6.42 Å². The number of fused-ring (bicyclic) bond motifs is 1. The van der Waals surface area contributed by atoms with E-state index in [4.69, 9.17) is 0 Å². The summed E-state index contributed by atoms with van der Waals surface area (Å²) >= 11 is 0. The van der Waals surface area contributed by atoms with Gasteiger partial charge >= 0.3 is 0 Å². The summed E-state index contributed by atoms with van der Waals surface area (Å²) in [5, 5.41) is 8.25. The van der Waals surface area contributed by atoms with Crippen molar-refractivity contribution in [3.63, 3.8) is 0 Å². The first kappa shape index (κ1) is 8.35. The molecular formula is C9H13FN4. The van der Waals surface area contributed by atoms with E-state index in [2.05, 4.69) is 19.7 Å². The first-order valence-corrected chi connectivity index (χ1v) is 5.10. The number of hydrogen-bond acceptors (Lipinski definition) is 3. The summed E-state index contributed by atoms with van der Waals surface area (Å²) in [6, 6.07) is 0. The van der Waals surface area contributed by atoms with E-state index in [0.29, 0.717) is 13.1 Å². The summed E-state index contributed by atoms with van der Waals surface area (Å²) in [4.78, 5) is 2.07. The van der Waals surface area contributed by atoms with Crippen molar-refractivity contribution in [3.05, 3.63) is 11.6 Å². The normalized spacial score (nSPS) is 22.4. The van der Waals surface area contributed by atoms with Crippen molar-refractivity contribution in [3.8, 4) is 0 Å². The van der Waals surface area contributed by atoms with Crippen LogP contribution in [0.15, 0.2) is 0 Å². The van der Waals surface area contributed by atoms with Crippen LogP contribution in [0.5, 0.6) is 0 Å². The van der Waals surface area contributed by atoms with E-state index in [1.165, 1.54) is 6.42 Å². The van der Waals surface area contributed by atoms with Crippen molar-refractivity contribution in [2.75, 3.05) is 13.1 Å². The topological polar surface area (TPSA) is 34.0 Å². The molecule has 0 atom stereocenters. The van der Waals surface area contributed by atoms with E-state index >= 15 is 0 Å². The number of aryl methyl sites for hydroxylation is 1. The average molecular weight is 196 g/mol. The minimum atomic E-state index is -0.629. The van der Waals surface area contributed by atoms with Gasteiger partial charge in [0, 0.05) is 26.1 Å². The van der Waals surface area contributed by atoms with Crippen LogP contribution in [0.4, 0.5) is 4.39 Å². The van der Waals surface area contributed by atoms with Gasteiger partial charge in [0.05, 0.1) is 6.54 Å². The Labute approximate surface area is 81.7 Å². The van der Waals surface area contributed by atoms with Crippen LogP contribution in [0.25, 0.3) is 0 Å². The third kappa shape index (κ3) is 1.23. The maximum Gasteiger partial charge on any atom is 0.147 e. The second-order valence-electron chi connectivity index (χ2n) is 4.08. The van der Waals surface area contributed by atoms with Crippen LogP contribution in [-0.4, -0.2) is 38.9 Å². The maximum absolute atomic E-state index is 12.6. The number of likely N-dealkylation sites (tertiary alicyclic amines) is 1. The van der Waals surface area contributed by atoms with Gasteiger partial charge in [0.15, 0.2) is 0 Å². The van der Waals surface area contributed by atoms with Crippen LogP contribution in [0.1, 0.15) is 18.1 Å². The third-order valence-corrected chi connectivity index (χ3v) is 2.96. The number of alkyl halides is 1. The van der Waals surface area contributed by atoms with E-state index in [1.54, 1.807) is 0 Å². The quantitative estimate of drug-likeness (QED) is 0.685. The van der Waals surface area contributed by atoms with Crippen LogP contribution < -0.4 is 0 Å². The van der Waals surface area contributed by atoms with Crippen molar-refractivity contribution in [2.24, 2.45) is 0 Å². The fourth-order valence-corrected chi connectivity index (χ4v) is 2.16. The van der Waals surface area contributed by atoms with Crippen molar-refractivity contribution < 1.29 is 4.39 Å². The van der Waals surface area contributed by atoms with E-state index < -0.39 is 6.17 Å². The summed E-state index contributed by atoms with van der Waals surface area (Å²) in [5.41, 5.74) is 0. The summed E-state index contributed by atoms with van der Waals surface area (Å²) in [7, 11) is 0. The molecular weight excluding hydrogens is 183 g/mol. The zero-order valence-corrected chi connectivity index (χ0v) is 7.99. The highest BCUT2D eigenvalue weighted by molar-refractivity contribution is 5.01. The molecule has 1 aromatic heterocycles. The van der Waals surface area contributed by atoms with E-state index in [9.17, 15) is 4.39 Å². The summed E-state index contributed by atoms with van der Waals surface area (Å²) in [5.74, 6) is 2.10. The molecule has 1 saturated heterocycles. The van der Waals surface area contributed by atoms with Crippen LogP contribution in [0.3, 0.4) is 0 Å². The SMILES string of the molecule is FC1CN(Cc2nnc3n2CCC3)C1. The molecule has 2 aliphatic heterocycles. The van der Waals surface area contributed by atoms with Gasteiger partial charge in [-0.3, -0.25) is 4.90 Å². The Morgan fingerprint density at radius 1 is 1.36 bits per heavy atom. The van der Waals surface area contributed by atoms with Gasteiger partial charge < -0.3 is 4.57 Å². The second-order valence-corrected chi connectivity index (χ2v) is 4.08. The molecule has 14 heavy (non-hydrogen) atoms. The van der Waals surface area contributed by atoms with Gasteiger partial charge in [0.2, 0.25) is 0 Å². The Bertz CT molecular complexity index is 343. The first-order valence-electron chi connectivity index (χ1n) is 5.10. The number of hydrogen-bond donors (Lipinski definition) is 0. The lowest BCUT2D eigenvalue weighted by molar-refractivity contribution is 0.0559. The van der Waals surface area contributed by atoms with Gasteiger partial charge in [-0.1, -0.05) is 0 Å². The fourth-order valence-electron chi connectivity index (χ4n) is 2.16. The Hall–Kier alpha value is -0.970. The molecule has 2 aliphatic rings. The molecule has 3 heterocycles. The lowest BCUT2D eigenvalue weighted by Crippen LogP contribution is -2.47. The van der Waals surface area contributed by atoms with E-state index in [-0.39, 0.29) is 0 Å².